The first-order chi connectivity index (χ1) is 6.72. The summed E-state index contributed by atoms with van der Waals surface area (Å²) >= 11 is 0. The van der Waals surface area contributed by atoms with E-state index in [0.29, 0.717) is 18.5 Å². The van der Waals surface area contributed by atoms with Gasteiger partial charge in [0, 0.05) is 6.20 Å². The molecule has 1 unspecified atom stereocenters. The van der Waals surface area contributed by atoms with E-state index in [0.717, 1.165) is 19.4 Å². The molecule has 0 aromatic carbocycles. The van der Waals surface area contributed by atoms with Crippen LogP contribution in [0.4, 0.5) is 5.82 Å². The predicted molar refractivity (Wildman–Crippen MR) is 57.0 cm³/mol. The highest BCUT2D eigenvalue weighted by atomic mass is 16.5. The third-order valence-electron chi connectivity index (χ3n) is 2.08. The van der Waals surface area contributed by atoms with E-state index in [2.05, 4.69) is 18.9 Å². The summed E-state index contributed by atoms with van der Waals surface area (Å²) < 4.78 is 7.39. The average Bonchev–Trinajstić information content (AvgIpc) is 2.52. The van der Waals surface area contributed by atoms with Gasteiger partial charge in [-0.25, -0.2) is 0 Å². The van der Waals surface area contributed by atoms with Crippen molar-refractivity contribution in [3.05, 3.63) is 12.3 Å². The van der Waals surface area contributed by atoms with Crippen molar-refractivity contribution in [2.75, 3.05) is 12.3 Å². The molecule has 0 aliphatic rings. The normalized spacial score (nSPS) is 13.0. The van der Waals surface area contributed by atoms with Gasteiger partial charge in [0.25, 0.3) is 0 Å². The molecule has 1 rings (SSSR count). The van der Waals surface area contributed by atoms with Gasteiger partial charge < -0.3 is 10.5 Å². The van der Waals surface area contributed by atoms with Crippen molar-refractivity contribution in [1.82, 2.24) is 9.78 Å². The van der Waals surface area contributed by atoms with Crippen LogP contribution in [-0.4, -0.2) is 22.5 Å². The van der Waals surface area contributed by atoms with E-state index in [1.807, 2.05) is 6.20 Å². The zero-order valence-corrected chi connectivity index (χ0v) is 8.94. The smallest absolute Gasteiger partial charge is 0.145 e. The van der Waals surface area contributed by atoms with Crippen LogP contribution in [0, 0.1) is 0 Å². The van der Waals surface area contributed by atoms with Gasteiger partial charge >= 0.3 is 0 Å². The fraction of sp³-hybridized carbons (Fsp3) is 0.700. The summed E-state index contributed by atoms with van der Waals surface area (Å²) in [4.78, 5) is 0. The highest BCUT2D eigenvalue weighted by molar-refractivity contribution is 5.23. The Morgan fingerprint density at radius 2 is 2.43 bits per heavy atom. The molecule has 14 heavy (non-hydrogen) atoms. The van der Waals surface area contributed by atoms with Gasteiger partial charge in [0.15, 0.2) is 0 Å². The van der Waals surface area contributed by atoms with E-state index in [1.54, 1.807) is 10.7 Å². The molecule has 0 saturated heterocycles. The van der Waals surface area contributed by atoms with Crippen LogP contribution in [0.3, 0.4) is 0 Å². The molecular formula is C10H19N3O. The van der Waals surface area contributed by atoms with Gasteiger partial charge in [-0.1, -0.05) is 13.3 Å². The molecule has 1 atom stereocenters. The van der Waals surface area contributed by atoms with E-state index in [4.69, 9.17) is 10.5 Å². The Morgan fingerprint density at radius 1 is 1.64 bits per heavy atom. The van der Waals surface area contributed by atoms with Gasteiger partial charge in [0.1, 0.15) is 5.82 Å². The second-order valence-electron chi connectivity index (χ2n) is 3.47. The molecule has 0 aliphatic carbocycles. The highest BCUT2D eigenvalue weighted by Gasteiger charge is 2.00. The van der Waals surface area contributed by atoms with Crippen molar-refractivity contribution in [2.45, 2.75) is 39.3 Å². The van der Waals surface area contributed by atoms with Gasteiger partial charge in [0.2, 0.25) is 0 Å². The molecule has 0 spiro atoms. The molecule has 1 aromatic rings. The molecule has 0 amide bonds. The Labute approximate surface area is 85.0 Å². The quantitative estimate of drug-likeness (QED) is 0.754. The van der Waals surface area contributed by atoms with Gasteiger partial charge in [-0.05, 0) is 19.4 Å². The number of ether oxygens (including phenoxy) is 1. The Hall–Kier alpha value is -1.03. The molecule has 1 aromatic heterocycles. The van der Waals surface area contributed by atoms with Crippen molar-refractivity contribution in [2.24, 2.45) is 0 Å². The number of anilines is 1. The number of hydrogen-bond acceptors (Lipinski definition) is 3. The van der Waals surface area contributed by atoms with E-state index in [1.165, 1.54) is 0 Å². The predicted octanol–water partition coefficient (Wildman–Crippen LogP) is 1.67. The van der Waals surface area contributed by atoms with Crippen LogP contribution < -0.4 is 5.73 Å². The summed E-state index contributed by atoms with van der Waals surface area (Å²) in [6, 6.07) is 1.79. The minimum atomic E-state index is 0.341. The van der Waals surface area contributed by atoms with Crippen LogP contribution in [0.1, 0.15) is 26.7 Å². The maximum atomic E-state index is 5.59. The molecular weight excluding hydrogens is 178 g/mol. The number of nitrogens with two attached hydrogens (primary N) is 1. The number of aromatic nitrogens is 2. The van der Waals surface area contributed by atoms with Crippen molar-refractivity contribution in [3.63, 3.8) is 0 Å². The standard InChI is InChI=1S/C10H19N3O/c1-3-4-9(2)14-8-7-13-6-5-10(11)12-13/h5-6,9H,3-4,7-8H2,1-2H3,(H2,11,12). The van der Waals surface area contributed by atoms with Gasteiger partial charge in [-0.2, -0.15) is 5.10 Å². The third-order valence-corrected chi connectivity index (χ3v) is 2.08. The summed E-state index contributed by atoms with van der Waals surface area (Å²) in [6.07, 6.45) is 4.48. The SMILES string of the molecule is CCCC(C)OCCn1ccc(N)n1. The molecule has 0 aliphatic heterocycles. The monoisotopic (exact) mass is 197 g/mol. The van der Waals surface area contributed by atoms with E-state index in [9.17, 15) is 0 Å². The van der Waals surface area contributed by atoms with Crippen molar-refractivity contribution < 1.29 is 4.74 Å². The fourth-order valence-corrected chi connectivity index (χ4v) is 1.34. The molecule has 80 valence electrons. The van der Waals surface area contributed by atoms with Crippen LogP contribution in [0.15, 0.2) is 12.3 Å². The zero-order valence-electron chi connectivity index (χ0n) is 8.94. The van der Waals surface area contributed by atoms with Crippen molar-refractivity contribution >= 4 is 5.82 Å². The summed E-state index contributed by atoms with van der Waals surface area (Å²) in [5.74, 6) is 0.562. The maximum absolute atomic E-state index is 5.59. The first-order valence-electron chi connectivity index (χ1n) is 5.13. The van der Waals surface area contributed by atoms with Crippen LogP contribution in [0.2, 0.25) is 0 Å². The lowest BCUT2D eigenvalue weighted by Gasteiger charge is -2.11. The first kappa shape index (κ1) is 11.0. The van der Waals surface area contributed by atoms with Gasteiger partial charge in [-0.15, -0.1) is 0 Å². The fourth-order valence-electron chi connectivity index (χ4n) is 1.34. The van der Waals surface area contributed by atoms with Crippen LogP contribution in [0.5, 0.6) is 0 Å². The van der Waals surface area contributed by atoms with Gasteiger partial charge in [0.05, 0.1) is 19.3 Å². The minimum Gasteiger partial charge on any atom is -0.382 e. The Kier molecular flexibility index (Phi) is 4.46. The summed E-state index contributed by atoms with van der Waals surface area (Å²) in [6.45, 7) is 5.72. The molecule has 4 nitrogen and oxygen atoms in total. The Balaban J connectivity index is 2.15. The Bertz CT molecular complexity index is 260. The zero-order chi connectivity index (χ0) is 10.4. The lowest BCUT2D eigenvalue weighted by Crippen LogP contribution is -2.13. The molecule has 0 bridgehead atoms. The summed E-state index contributed by atoms with van der Waals surface area (Å²) in [7, 11) is 0. The maximum Gasteiger partial charge on any atom is 0.145 e. The van der Waals surface area contributed by atoms with Crippen LogP contribution in [0.25, 0.3) is 0 Å². The summed E-state index contributed by atoms with van der Waals surface area (Å²) in [5, 5.41) is 4.07. The third kappa shape index (κ3) is 3.79. The van der Waals surface area contributed by atoms with Gasteiger partial charge in [-0.3, -0.25) is 4.68 Å². The minimum absolute atomic E-state index is 0.341. The molecule has 4 heteroatoms. The van der Waals surface area contributed by atoms with Crippen LogP contribution in [-0.2, 0) is 11.3 Å². The van der Waals surface area contributed by atoms with E-state index < -0.39 is 0 Å². The van der Waals surface area contributed by atoms with E-state index in [-0.39, 0.29) is 0 Å². The first-order valence-corrected chi connectivity index (χ1v) is 5.13. The molecule has 0 fully saturated rings. The number of nitrogens with zero attached hydrogens (tertiary/aromatic N) is 2. The molecule has 0 saturated carbocycles. The highest BCUT2D eigenvalue weighted by Crippen LogP contribution is 2.01. The second kappa shape index (κ2) is 5.65. The average molecular weight is 197 g/mol. The molecule has 1 heterocycles. The van der Waals surface area contributed by atoms with Crippen molar-refractivity contribution in [3.8, 4) is 0 Å². The summed E-state index contributed by atoms with van der Waals surface area (Å²) in [5.41, 5.74) is 5.49. The lowest BCUT2D eigenvalue weighted by atomic mass is 10.2. The number of nitrogen functional groups attached to an aromatic ring is 1. The largest absolute Gasteiger partial charge is 0.382 e. The molecule has 0 radical (unpaired) electrons. The topological polar surface area (TPSA) is 53.1 Å². The number of rotatable bonds is 6. The van der Waals surface area contributed by atoms with Crippen LogP contribution >= 0.6 is 0 Å². The lowest BCUT2D eigenvalue weighted by molar-refractivity contribution is 0.0529. The van der Waals surface area contributed by atoms with E-state index >= 15 is 0 Å². The van der Waals surface area contributed by atoms with Crippen molar-refractivity contribution in [1.29, 1.82) is 0 Å². The second-order valence-corrected chi connectivity index (χ2v) is 3.47. The Morgan fingerprint density at radius 3 is 3.00 bits per heavy atom. The number of hydrogen-bond donors (Lipinski definition) is 1. The molecule has 2 N–H and O–H groups in total.